The number of aromatic nitrogens is 2. The topological polar surface area (TPSA) is 81.1 Å². The van der Waals surface area contributed by atoms with Crippen LogP contribution in [0.2, 0.25) is 0 Å². The molecule has 5 nitrogen and oxygen atoms in total. The van der Waals surface area contributed by atoms with Crippen LogP contribution in [0, 0.1) is 13.8 Å². The Balaban J connectivity index is 2.45. The fourth-order valence-corrected chi connectivity index (χ4v) is 2.65. The summed E-state index contributed by atoms with van der Waals surface area (Å²) >= 11 is 0. The minimum atomic E-state index is -1.49. The zero-order valence-corrected chi connectivity index (χ0v) is 12.6. The van der Waals surface area contributed by atoms with Crippen molar-refractivity contribution >= 4 is 5.97 Å². The molecule has 0 amide bonds. The molecule has 0 saturated heterocycles. The number of nitrogens with zero attached hydrogens (tertiary/aromatic N) is 2. The van der Waals surface area contributed by atoms with E-state index in [0.29, 0.717) is 5.56 Å². The van der Waals surface area contributed by atoms with Crippen LogP contribution in [0.15, 0.2) is 30.3 Å². The normalized spacial score (nSPS) is 13.9. The lowest BCUT2D eigenvalue weighted by Crippen LogP contribution is -2.48. The molecule has 0 saturated carbocycles. The zero-order chi connectivity index (χ0) is 15.6. The highest BCUT2D eigenvalue weighted by Gasteiger charge is 2.37. The van der Waals surface area contributed by atoms with E-state index in [1.807, 2.05) is 19.9 Å². The maximum atomic E-state index is 11.7. The molecule has 1 heterocycles. The number of hydrogen-bond donors (Lipinski definition) is 2. The number of benzene rings is 1. The van der Waals surface area contributed by atoms with Crippen LogP contribution < -0.4 is 5.73 Å². The predicted molar refractivity (Wildman–Crippen MR) is 81.0 cm³/mol. The Morgan fingerprint density at radius 2 is 1.95 bits per heavy atom. The molecule has 2 aromatic rings. The predicted octanol–water partition coefficient (Wildman–Crippen LogP) is 2.00. The lowest BCUT2D eigenvalue weighted by atomic mass is 9.91. The second-order valence-electron chi connectivity index (χ2n) is 5.30. The summed E-state index contributed by atoms with van der Waals surface area (Å²) in [7, 11) is 0. The molecular formula is C16H21N3O2. The van der Waals surface area contributed by atoms with Gasteiger partial charge in [-0.05, 0) is 31.4 Å². The minimum Gasteiger partial charge on any atom is -0.480 e. The van der Waals surface area contributed by atoms with E-state index in [4.69, 9.17) is 5.73 Å². The average molecular weight is 287 g/mol. The first-order valence-electron chi connectivity index (χ1n) is 7.00. The Hall–Kier alpha value is -2.14. The van der Waals surface area contributed by atoms with Gasteiger partial charge in [-0.25, -0.2) is 4.79 Å². The van der Waals surface area contributed by atoms with Gasteiger partial charge in [0.1, 0.15) is 0 Å². The summed E-state index contributed by atoms with van der Waals surface area (Å²) in [5.41, 5.74) is 8.33. The second kappa shape index (κ2) is 5.69. The van der Waals surface area contributed by atoms with Crippen LogP contribution in [0.3, 0.4) is 0 Å². The molecule has 0 radical (unpaired) electrons. The van der Waals surface area contributed by atoms with E-state index >= 15 is 0 Å². The van der Waals surface area contributed by atoms with Gasteiger partial charge in [0.15, 0.2) is 5.54 Å². The van der Waals surface area contributed by atoms with Crippen LogP contribution in [0.25, 0.3) is 0 Å². The first kappa shape index (κ1) is 15.3. The molecular weight excluding hydrogens is 266 g/mol. The molecule has 3 N–H and O–H groups in total. The van der Waals surface area contributed by atoms with Gasteiger partial charge in [-0.1, -0.05) is 37.3 Å². The Labute approximate surface area is 124 Å². The summed E-state index contributed by atoms with van der Waals surface area (Å²) in [5.74, 6) is -1.06. The molecule has 2 rings (SSSR count). The van der Waals surface area contributed by atoms with Gasteiger partial charge in [0.05, 0.1) is 12.2 Å². The lowest BCUT2D eigenvalue weighted by Gasteiger charge is -2.25. The van der Waals surface area contributed by atoms with Gasteiger partial charge >= 0.3 is 5.97 Å². The van der Waals surface area contributed by atoms with Crippen molar-refractivity contribution in [1.29, 1.82) is 0 Å². The number of carboxylic acid groups (broad SMARTS) is 1. The molecule has 1 aromatic carbocycles. The second-order valence-corrected chi connectivity index (χ2v) is 5.30. The third-order valence-corrected chi connectivity index (χ3v) is 3.95. The van der Waals surface area contributed by atoms with Crippen molar-refractivity contribution in [3.05, 3.63) is 52.8 Å². The van der Waals surface area contributed by atoms with Crippen molar-refractivity contribution < 1.29 is 9.90 Å². The van der Waals surface area contributed by atoms with Crippen LogP contribution in [0.5, 0.6) is 0 Å². The van der Waals surface area contributed by atoms with E-state index in [1.54, 1.807) is 28.9 Å². The molecule has 0 aliphatic carbocycles. The van der Waals surface area contributed by atoms with E-state index < -0.39 is 11.5 Å². The number of carbonyl (C=O) groups is 1. The molecule has 0 aliphatic rings. The first-order valence-corrected chi connectivity index (χ1v) is 7.00. The highest BCUT2D eigenvalue weighted by Crippen LogP contribution is 2.23. The van der Waals surface area contributed by atoms with E-state index in [-0.39, 0.29) is 6.54 Å². The summed E-state index contributed by atoms with van der Waals surface area (Å²) in [6, 6.07) is 8.89. The zero-order valence-electron chi connectivity index (χ0n) is 12.6. The van der Waals surface area contributed by atoms with Crippen molar-refractivity contribution in [2.45, 2.75) is 39.3 Å². The summed E-state index contributed by atoms with van der Waals surface area (Å²) in [5, 5.41) is 14.1. The molecule has 0 fully saturated rings. The minimum absolute atomic E-state index is 0.110. The number of aliphatic carboxylic acids is 1. The number of carboxylic acids is 1. The highest BCUT2D eigenvalue weighted by molar-refractivity contribution is 5.80. The number of nitrogens with two attached hydrogens (primary N) is 1. The van der Waals surface area contributed by atoms with Gasteiger partial charge < -0.3 is 10.8 Å². The molecule has 1 unspecified atom stereocenters. The average Bonchev–Trinajstić information content (AvgIpc) is 2.73. The molecule has 0 bridgehead atoms. The molecule has 112 valence electrons. The number of rotatable bonds is 5. The molecule has 0 aliphatic heterocycles. The lowest BCUT2D eigenvalue weighted by molar-refractivity contribution is -0.144. The Kier molecular flexibility index (Phi) is 4.14. The third-order valence-electron chi connectivity index (χ3n) is 3.95. The standard InChI is InChI=1S/C16H21N3O2/c1-4-14-11(2)18-19(12(14)3)10-16(17,15(20)21)13-8-6-5-7-9-13/h5-9H,4,10,17H2,1-3H3,(H,20,21). The largest absolute Gasteiger partial charge is 0.480 e. The van der Waals surface area contributed by atoms with E-state index in [1.165, 1.54) is 0 Å². The van der Waals surface area contributed by atoms with Gasteiger partial charge in [0.25, 0.3) is 0 Å². The Morgan fingerprint density at radius 3 is 2.43 bits per heavy atom. The van der Waals surface area contributed by atoms with Crippen LogP contribution >= 0.6 is 0 Å². The van der Waals surface area contributed by atoms with E-state index in [2.05, 4.69) is 12.0 Å². The van der Waals surface area contributed by atoms with E-state index in [0.717, 1.165) is 23.4 Å². The van der Waals surface area contributed by atoms with Crippen LogP contribution in [0.1, 0.15) is 29.4 Å². The highest BCUT2D eigenvalue weighted by atomic mass is 16.4. The summed E-state index contributed by atoms with van der Waals surface area (Å²) in [6.45, 7) is 6.06. The first-order chi connectivity index (χ1) is 9.90. The summed E-state index contributed by atoms with van der Waals surface area (Å²) in [6.07, 6.45) is 0.869. The van der Waals surface area contributed by atoms with Crippen molar-refractivity contribution in [3.63, 3.8) is 0 Å². The molecule has 1 atom stereocenters. The van der Waals surface area contributed by atoms with Gasteiger partial charge in [-0.2, -0.15) is 5.10 Å². The fraction of sp³-hybridized carbons (Fsp3) is 0.375. The number of aryl methyl sites for hydroxylation is 1. The van der Waals surface area contributed by atoms with Crippen molar-refractivity contribution in [2.24, 2.45) is 5.73 Å². The smallest absolute Gasteiger partial charge is 0.330 e. The van der Waals surface area contributed by atoms with Gasteiger partial charge in [-0.3, -0.25) is 4.68 Å². The fourth-order valence-electron chi connectivity index (χ4n) is 2.65. The quantitative estimate of drug-likeness (QED) is 0.881. The van der Waals surface area contributed by atoms with Crippen molar-refractivity contribution in [1.82, 2.24) is 9.78 Å². The molecule has 5 heteroatoms. The summed E-state index contributed by atoms with van der Waals surface area (Å²) < 4.78 is 1.70. The monoisotopic (exact) mass is 287 g/mol. The maximum absolute atomic E-state index is 11.7. The van der Waals surface area contributed by atoms with Crippen LogP contribution in [-0.4, -0.2) is 20.9 Å². The summed E-state index contributed by atoms with van der Waals surface area (Å²) in [4.78, 5) is 11.7. The van der Waals surface area contributed by atoms with Gasteiger partial charge in [0.2, 0.25) is 0 Å². The maximum Gasteiger partial charge on any atom is 0.330 e. The van der Waals surface area contributed by atoms with Crippen LogP contribution in [0.4, 0.5) is 0 Å². The third kappa shape index (κ3) is 2.69. The molecule has 1 aromatic heterocycles. The SMILES string of the molecule is CCc1c(C)nn(CC(N)(C(=O)O)c2ccccc2)c1C. The Morgan fingerprint density at radius 1 is 1.33 bits per heavy atom. The van der Waals surface area contributed by atoms with Gasteiger partial charge in [0, 0.05) is 5.69 Å². The molecule has 21 heavy (non-hydrogen) atoms. The van der Waals surface area contributed by atoms with Crippen molar-refractivity contribution in [3.8, 4) is 0 Å². The van der Waals surface area contributed by atoms with Gasteiger partial charge in [-0.15, -0.1) is 0 Å². The van der Waals surface area contributed by atoms with E-state index in [9.17, 15) is 9.90 Å². The Bertz CT molecular complexity index is 649. The van der Waals surface area contributed by atoms with Crippen molar-refractivity contribution in [2.75, 3.05) is 0 Å². The number of hydrogen-bond acceptors (Lipinski definition) is 3. The van der Waals surface area contributed by atoms with Crippen LogP contribution in [-0.2, 0) is 23.3 Å². The molecule has 0 spiro atoms.